The number of carbonyl (C=O) groups is 3. The van der Waals surface area contributed by atoms with E-state index < -0.39 is 6.10 Å². The standard InChI is InChI=1S/C26H40O4.C21H24O2/c1-7-19-11-20(17-30-6)13-21(12-19)22(14-24(27)8-2)16-26(29)23(10-18(4)5)15-25(28)9-3;1-4-8-17-9-6-7-10-18(17)14-20(22)15-19-12-11-16(5-2)13-21(19)23-3/h7-8,12-13,18,20,22-23,26,29H,1-2,9-11,14-17H2,3-6H3;5-7,9-13H,2,4,8,14-15H2,1,3H3/t20?,22?,23?,26-;/m0./s1. The minimum Gasteiger partial charge on any atom is -0.496 e. The number of rotatable bonds is 23. The Morgan fingerprint density at radius 2 is 1.60 bits per heavy atom. The topological polar surface area (TPSA) is 89.9 Å². The highest BCUT2D eigenvalue weighted by Gasteiger charge is 2.29. The molecule has 0 saturated heterocycles. The fraction of sp³-hybridized carbons (Fsp3) is 0.468. The minimum absolute atomic E-state index is 0.0411. The third-order valence-corrected chi connectivity index (χ3v) is 9.76. The van der Waals surface area contributed by atoms with Gasteiger partial charge in [0.15, 0.2) is 5.78 Å². The van der Waals surface area contributed by atoms with E-state index in [0.717, 1.165) is 59.3 Å². The minimum atomic E-state index is -0.644. The van der Waals surface area contributed by atoms with E-state index in [1.54, 1.807) is 20.3 Å². The Balaban J connectivity index is 0.000000379. The van der Waals surface area contributed by atoms with Gasteiger partial charge in [0.1, 0.15) is 17.3 Å². The summed E-state index contributed by atoms with van der Waals surface area (Å²) in [6.45, 7) is 20.1. The molecule has 0 amide bonds. The van der Waals surface area contributed by atoms with Crippen LogP contribution in [0.25, 0.3) is 6.08 Å². The van der Waals surface area contributed by atoms with E-state index in [-0.39, 0.29) is 35.1 Å². The Morgan fingerprint density at radius 3 is 2.19 bits per heavy atom. The fourth-order valence-electron chi connectivity index (χ4n) is 7.00. The summed E-state index contributed by atoms with van der Waals surface area (Å²) in [5.74, 6) is 1.46. The number of ketones is 3. The number of allylic oxidation sites excluding steroid dienone is 5. The molecular formula is C47H64O6. The SMILES string of the molecule is C=CC(=O)CC(C[C@H](O)C(CC(=O)CC)CC(C)C)C1=CC(COC)CC(C=C)=C1.C=Cc1ccc(CC(=O)Cc2ccccc2CCC)c(OC)c1. The maximum atomic E-state index is 12.5. The van der Waals surface area contributed by atoms with Crippen molar-refractivity contribution in [3.63, 3.8) is 0 Å². The summed E-state index contributed by atoms with van der Waals surface area (Å²) in [5.41, 5.74) is 6.48. The number of methoxy groups -OCH3 is 2. The van der Waals surface area contributed by atoms with Crippen molar-refractivity contribution in [1.29, 1.82) is 0 Å². The van der Waals surface area contributed by atoms with Gasteiger partial charge in [-0.3, -0.25) is 14.4 Å². The molecule has 0 bridgehead atoms. The molecular weight excluding hydrogens is 661 g/mol. The lowest BCUT2D eigenvalue weighted by Crippen LogP contribution is -2.29. The molecule has 0 heterocycles. The monoisotopic (exact) mass is 724 g/mol. The smallest absolute Gasteiger partial charge is 0.155 e. The van der Waals surface area contributed by atoms with Gasteiger partial charge < -0.3 is 14.6 Å². The van der Waals surface area contributed by atoms with Gasteiger partial charge in [-0.25, -0.2) is 0 Å². The zero-order valence-electron chi connectivity index (χ0n) is 33.2. The normalized spacial score (nSPS) is 15.5. The molecule has 2 aromatic carbocycles. The molecule has 0 spiro atoms. The lowest BCUT2D eigenvalue weighted by molar-refractivity contribution is -0.121. The summed E-state index contributed by atoms with van der Waals surface area (Å²) < 4.78 is 10.7. The van der Waals surface area contributed by atoms with Crippen LogP contribution in [0.15, 0.2) is 97.7 Å². The van der Waals surface area contributed by atoms with Crippen molar-refractivity contribution in [2.45, 2.75) is 98.0 Å². The van der Waals surface area contributed by atoms with E-state index in [2.05, 4.69) is 64.8 Å². The highest BCUT2D eigenvalue weighted by atomic mass is 16.5. The van der Waals surface area contributed by atoms with Crippen molar-refractivity contribution < 1.29 is 29.0 Å². The predicted octanol–water partition coefficient (Wildman–Crippen LogP) is 9.88. The van der Waals surface area contributed by atoms with Crippen LogP contribution in [0.3, 0.4) is 0 Å². The second-order valence-corrected chi connectivity index (χ2v) is 14.6. The van der Waals surface area contributed by atoms with Crippen molar-refractivity contribution >= 4 is 23.4 Å². The summed E-state index contributed by atoms with van der Waals surface area (Å²) in [4.78, 5) is 36.8. The zero-order valence-corrected chi connectivity index (χ0v) is 33.2. The van der Waals surface area contributed by atoms with Crippen LogP contribution in [0.2, 0.25) is 0 Å². The second kappa shape index (κ2) is 24.2. The van der Waals surface area contributed by atoms with Gasteiger partial charge in [-0.15, -0.1) is 0 Å². The van der Waals surface area contributed by atoms with Crippen molar-refractivity contribution in [1.82, 2.24) is 0 Å². The Bertz CT molecular complexity index is 1580. The first-order valence-corrected chi connectivity index (χ1v) is 19.2. The van der Waals surface area contributed by atoms with Gasteiger partial charge in [0.05, 0.1) is 19.8 Å². The van der Waals surface area contributed by atoms with E-state index in [1.165, 1.54) is 11.6 Å². The van der Waals surface area contributed by atoms with Crippen molar-refractivity contribution in [3.8, 4) is 5.75 Å². The highest BCUT2D eigenvalue weighted by Crippen LogP contribution is 2.34. The molecule has 0 aliphatic heterocycles. The molecule has 6 nitrogen and oxygen atoms in total. The summed E-state index contributed by atoms with van der Waals surface area (Å²) in [6, 6.07) is 14.0. The van der Waals surface area contributed by atoms with Gasteiger partial charge in [0.25, 0.3) is 0 Å². The van der Waals surface area contributed by atoms with E-state index in [4.69, 9.17) is 9.47 Å². The largest absolute Gasteiger partial charge is 0.496 e. The Labute approximate surface area is 319 Å². The predicted molar refractivity (Wildman–Crippen MR) is 219 cm³/mol. The van der Waals surface area contributed by atoms with E-state index >= 15 is 0 Å². The van der Waals surface area contributed by atoms with Crippen molar-refractivity contribution in [3.05, 3.63) is 120 Å². The Morgan fingerprint density at radius 1 is 0.906 bits per heavy atom. The Kier molecular flexibility index (Phi) is 20.6. The Hall–Kier alpha value is -4.13. The molecule has 6 heteroatoms. The summed E-state index contributed by atoms with van der Waals surface area (Å²) in [7, 11) is 3.32. The number of Topliss-reactive ketones (excluding diaryl/α,β-unsaturated/α-hetero) is 2. The van der Waals surface area contributed by atoms with Gasteiger partial charge in [-0.1, -0.05) is 115 Å². The van der Waals surface area contributed by atoms with Crippen LogP contribution in [0, 0.1) is 23.7 Å². The first kappa shape index (κ1) is 45.0. The van der Waals surface area contributed by atoms with Gasteiger partial charge >= 0.3 is 0 Å². The zero-order chi connectivity index (χ0) is 39.3. The molecule has 1 aliphatic rings. The number of hydrogen-bond donors (Lipinski definition) is 1. The average molecular weight is 725 g/mol. The average Bonchev–Trinajstić information content (AvgIpc) is 3.15. The molecule has 0 saturated carbocycles. The van der Waals surface area contributed by atoms with Crippen LogP contribution < -0.4 is 4.74 Å². The third kappa shape index (κ3) is 15.8. The number of benzene rings is 2. The molecule has 4 atom stereocenters. The number of hydrogen-bond acceptors (Lipinski definition) is 6. The van der Waals surface area contributed by atoms with E-state index in [0.29, 0.717) is 51.0 Å². The second-order valence-electron chi connectivity index (χ2n) is 14.6. The number of carbonyl (C=O) groups excluding carboxylic acids is 3. The number of aliphatic hydroxyl groups excluding tert-OH is 1. The van der Waals surface area contributed by atoms with Crippen molar-refractivity contribution in [2.24, 2.45) is 23.7 Å². The van der Waals surface area contributed by atoms with Gasteiger partial charge in [-0.05, 0) is 83.4 Å². The first-order valence-electron chi connectivity index (χ1n) is 19.2. The molecule has 288 valence electrons. The molecule has 2 aromatic rings. The van der Waals surface area contributed by atoms with E-state index in [9.17, 15) is 19.5 Å². The van der Waals surface area contributed by atoms with Crippen LogP contribution in [0.5, 0.6) is 5.75 Å². The van der Waals surface area contributed by atoms with Gasteiger partial charge in [-0.2, -0.15) is 0 Å². The summed E-state index contributed by atoms with van der Waals surface area (Å²) in [6.07, 6.45) is 14.8. The molecule has 53 heavy (non-hydrogen) atoms. The molecule has 1 N–H and O–H groups in total. The van der Waals surface area contributed by atoms with Gasteiger partial charge in [0, 0.05) is 50.7 Å². The third-order valence-electron chi connectivity index (χ3n) is 9.76. The van der Waals surface area contributed by atoms with Crippen molar-refractivity contribution in [2.75, 3.05) is 20.8 Å². The molecule has 0 aromatic heterocycles. The first-order chi connectivity index (χ1) is 25.4. The van der Waals surface area contributed by atoms with Crippen LogP contribution in [0.4, 0.5) is 0 Å². The molecule has 3 rings (SSSR count). The summed E-state index contributed by atoms with van der Waals surface area (Å²) >= 11 is 0. The molecule has 3 unspecified atom stereocenters. The van der Waals surface area contributed by atoms with E-state index in [1.807, 2.05) is 43.3 Å². The summed E-state index contributed by atoms with van der Waals surface area (Å²) in [5, 5.41) is 11.1. The van der Waals surface area contributed by atoms with Gasteiger partial charge in [0.2, 0.25) is 0 Å². The van der Waals surface area contributed by atoms with Crippen LogP contribution in [-0.4, -0.2) is 49.4 Å². The molecule has 0 fully saturated rings. The van der Waals surface area contributed by atoms with Crippen LogP contribution >= 0.6 is 0 Å². The molecule has 0 radical (unpaired) electrons. The lowest BCUT2D eigenvalue weighted by Gasteiger charge is -2.30. The van der Waals surface area contributed by atoms with Crippen LogP contribution in [-0.2, 0) is 38.4 Å². The lowest BCUT2D eigenvalue weighted by atomic mass is 9.77. The quantitative estimate of drug-likeness (QED) is 0.115. The maximum absolute atomic E-state index is 12.5. The fourth-order valence-corrected chi connectivity index (χ4v) is 7.00. The molecule has 1 aliphatic carbocycles. The number of ether oxygens (including phenoxy) is 2. The number of aryl methyl sites for hydroxylation is 1. The van der Waals surface area contributed by atoms with Crippen LogP contribution in [0.1, 0.15) is 94.9 Å². The number of aliphatic hydroxyl groups is 1. The highest BCUT2D eigenvalue weighted by molar-refractivity contribution is 5.89. The maximum Gasteiger partial charge on any atom is 0.155 e.